The maximum atomic E-state index is 10.8. The first kappa shape index (κ1) is 8.47. The fraction of sp³-hybridized carbons (Fsp3) is 0.444. The monoisotopic (exact) mass is 180 g/mol. The topological polar surface area (TPSA) is 54.1 Å². The molecule has 0 spiro atoms. The van der Waals surface area contributed by atoms with Crippen molar-refractivity contribution >= 4 is 0 Å². The summed E-state index contributed by atoms with van der Waals surface area (Å²) >= 11 is 0. The van der Waals surface area contributed by atoms with E-state index in [1.54, 1.807) is 12.3 Å². The number of morpholine rings is 1. The maximum absolute atomic E-state index is 10.8. The first-order valence-corrected chi connectivity index (χ1v) is 4.37. The van der Waals surface area contributed by atoms with Crippen LogP contribution in [0.25, 0.3) is 0 Å². The smallest absolute Gasteiger partial charge is 0.247 e. The molecule has 0 saturated carbocycles. The number of aromatic amines is 1. The zero-order valence-electron chi connectivity index (χ0n) is 7.25. The number of pyridine rings is 1. The molecule has 0 aliphatic carbocycles. The third kappa shape index (κ3) is 1.96. The highest BCUT2D eigenvalue weighted by Gasteiger charge is 2.14. The molecule has 0 unspecified atom stereocenters. The molecule has 1 aromatic heterocycles. The number of aromatic nitrogens is 1. The predicted molar refractivity (Wildman–Crippen MR) is 48.6 cm³/mol. The minimum absolute atomic E-state index is 0.0746. The van der Waals surface area contributed by atoms with Gasteiger partial charge in [-0.05, 0) is 11.6 Å². The van der Waals surface area contributed by atoms with E-state index in [2.05, 4.69) is 10.3 Å². The molecule has 70 valence electrons. The van der Waals surface area contributed by atoms with E-state index >= 15 is 0 Å². The van der Waals surface area contributed by atoms with Gasteiger partial charge in [0, 0.05) is 25.4 Å². The van der Waals surface area contributed by atoms with E-state index in [0.717, 1.165) is 25.3 Å². The summed E-state index contributed by atoms with van der Waals surface area (Å²) in [4.78, 5) is 13.4. The van der Waals surface area contributed by atoms with Gasteiger partial charge in [-0.2, -0.15) is 0 Å². The van der Waals surface area contributed by atoms with Gasteiger partial charge >= 0.3 is 0 Å². The summed E-state index contributed by atoms with van der Waals surface area (Å²) in [5.41, 5.74) is 0.944. The molecule has 0 amide bonds. The normalized spacial score (nSPS) is 22.9. The molecule has 2 rings (SSSR count). The van der Waals surface area contributed by atoms with Gasteiger partial charge in [0.15, 0.2) is 0 Å². The summed E-state index contributed by atoms with van der Waals surface area (Å²) < 4.78 is 5.52. The zero-order valence-corrected chi connectivity index (χ0v) is 7.25. The van der Waals surface area contributed by atoms with Gasteiger partial charge in [0.25, 0.3) is 0 Å². The molecule has 4 nitrogen and oxygen atoms in total. The molecular weight excluding hydrogens is 168 g/mol. The van der Waals surface area contributed by atoms with Gasteiger partial charge in [0.05, 0.1) is 12.7 Å². The van der Waals surface area contributed by atoms with Gasteiger partial charge in [-0.3, -0.25) is 4.79 Å². The lowest BCUT2D eigenvalue weighted by molar-refractivity contribution is 0.0275. The van der Waals surface area contributed by atoms with Crippen LogP contribution in [0.15, 0.2) is 23.1 Å². The Kier molecular flexibility index (Phi) is 2.42. The molecule has 0 aromatic carbocycles. The fourth-order valence-electron chi connectivity index (χ4n) is 1.40. The summed E-state index contributed by atoms with van der Waals surface area (Å²) in [6.45, 7) is 2.44. The summed E-state index contributed by atoms with van der Waals surface area (Å²) in [5.74, 6) is 0. The van der Waals surface area contributed by atoms with E-state index in [1.165, 1.54) is 6.07 Å². The van der Waals surface area contributed by atoms with E-state index in [1.807, 2.05) is 0 Å². The van der Waals surface area contributed by atoms with Crippen LogP contribution in [-0.4, -0.2) is 24.7 Å². The predicted octanol–water partition coefficient (Wildman–Crippen LogP) is 0.0358. The van der Waals surface area contributed by atoms with Crippen molar-refractivity contribution in [3.63, 3.8) is 0 Å². The average molecular weight is 180 g/mol. The third-order valence-corrected chi connectivity index (χ3v) is 2.11. The van der Waals surface area contributed by atoms with Crippen LogP contribution in [0.1, 0.15) is 11.7 Å². The number of H-pyrrole nitrogens is 1. The SMILES string of the molecule is O=c1ccc([C@H]2CNCCO2)c[nH]1. The molecule has 1 aliphatic heterocycles. The van der Waals surface area contributed by atoms with Gasteiger partial charge in [-0.1, -0.05) is 0 Å². The Labute approximate surface area is 75.9 Å². The second-order valence-corrected chi connectivity index (χ2v) is 3.05. The van der Waals surface area contributed by atoms with Crippen LogP contribution in [0, 0.1) is 0 Å². The molecule has 0 bridgehead atoms. The Balaban J connectivity index is 2.14. The number of hydrogen-bond donors (Lipinski definition) is 2. The molecule has 1 fully saturated rings. The van der Waals surface area contributed by atoms with Crippen LogP contribution in [0.2, 0.25) is 0 Å². The van der Waals surface area contributed by atoms with E-state index in [9.17, 15) is 4.79 Å². The number of rotatable bonds is 1. The van der Waals surface area contributed by atoms with Crippen molar-refractivity contribution in [3.8, 4) is 0 Å². The Morgan fingerprint density at radius 3 is 3.00 bits per heavy atom. The molecule has 1 aromatic rings. The van der Waals surface area contributed by atoms with Crippen molar-refractivity contribution in [3.05, 3.63) is 34.2 Å². The molecule has 1 aliphatic rings. The van der Waals surface area contributed by atoms with Gasteiger partial charge in [-0.15, -0.1) is 0 Å². The Hall–Kier alpha value is -1.13. The molecule has 13 heavy (non-hydrogen) atoms. The number of nitrogens with one attached hydrogen (secondary N) is 2. The van der Waals surface area contributed by atoms with E-state index < -0.39 is 0 Å². The fourth-order valence-corrected chi connectivity index (χ4v) is 1.40. The van der Waals surface area contributed by atoms with Gasteiger partial charge < -0.3 is 15.0 Å². The maximum Gasteiger partial charge on any atom is 0.247 e. The standard InChI is InChI=1S/C9H12N2O2/c12-9-2-1-7(5-11-9)8-6-10-3-4-13-8/h1-2,5,8,10H,3-4,6H2,(H,11,12)/t8-/m1/s1. The van der Waals surface area contributed by atoms with Crippen molar-refractivity contribution in [1.82, 2.24) is 10.3 Å². The van der Waals surface area contributed by atoms with Gasteiger partial charge in [0.2, 0.25) is 5.56 Å². The summed E-state index contributed by atoms with van der Waals surface area (Å²) in [6, 6.07) is 3.32. The van der Waals surface area contributed by atoms with Crippen molar-refractivity contribution < 1.29 is 4.74 Å². The zero-order chi connectivity index (χ0) is 9.10. The highest BCUT2D eigenvalue weighted by molar-refractivity contribution is 5.13. The minimum atomic E-state index is -0.0764. The van der Waals surface area contributed by atoms with Crippen LogP contribution >= 0.6 is 0 Å². The largest absolute Gasteiger partial charge is 0.371 e. The Bertz CT molecular complexity index is 308. The number of ether oxygens (including phenoxy) is 1. The molecule has 1 saturated heterocycles. The van der Waals surface area contributed by atoms with Crippen LogP contribution in [0.4, 0.5) is 0 Å². The van der Waals surface area contributed by atoms with Crippen molar-refractivity contribution in [1.29, 1.82) is 0 Å². The lowest BCUT2D eigenvalue weighted by atomic mass is 10.1. The molecule has 0 radical (unpaired) electrons. The van der Waals surface area contributed by atoms with Crippen LogP contribution < -0.4 is 10.9 Å². The minimum Gasteiger partial charge on any atom is -0.371 e. The van der Waals surface area contributed by atoms with E-state index in [4.69, 9.17) is 4.74 Å². The summed E-state index contributed by atoms with van der Waals surface area (Å²) in [6.07, 6.45) is 1.78. The Morgan fingerprint density at radius 1 is 1.46 bits per heavy atom. The summed E-state index contributed by atoms with van der Waals surface area (Å²) in [5, 5.41) is 3.23. The highest BCUT2D eigenvalue weighted by Crippen LogP contribution is 2.15. The van der Waals surface area contributed by atoms with Crippen molar-refractivity contribution in [2.75, 3.05) is 19.7 Å². The Morgan fingerprint density at radius 2 is 2.38 bits per heavy atom. The first-order valence-electron chi connectivity index (χ1n) is 4.37. The second kappa shape index (κ2) is 3.72. The van der Waals surface area contributed by atoms with E-state index in [0.29, 0.717) is 0 Å². The van der Waals surface area contributed by atoms with Gasteiger partial charge in [0.1, 0.15) is 0 Å². The second-order valence-electron chi connectivity index (χ2n) is 3.05. The highest BCUT2D eigenvalue weighted by atomic mass is 16.5. The molecule has 1 atom stereocenters. The first-order chi connectivity index (χ1) is 6.36. The molecule has 2 heterocycles. The van der Waals surface area contributed by atoms with Crippen LogP contribution in [0.3, 0.4) is 0 Å². The molecule has 4 heteroatoms. The molecular formula is C9H12N2O2. The quantitative estimate of drug-likeness (QED) is 0.641. The molecule has 2 N–H and O–H groups in total. The summed E-state index contributed by atoms with van der Waals surface area (Å²) in [7, 11) is 0. The lowest BCUT2D eigenvalue weighted by Gasteiger charge is -2.23. The van der Waals surface area contributed by atoms with E-state index in [-0.39, 0.29) is 11.7 Å². The lowest BCUT2D eigenvalue weighted by Crippen LogP contribution is -2.33. The number of hydrogen-bond acceptors (Lipinski definition) is 3. The van der Waals surface area contributed by atoms with Crippen LogP contribution in [0.5, 0.6) is 0 Å². The van der Waals surface area contributed by atoms with Crippen molar-refractivity contribution in [2.45, 2.75) is 6.10 Å². The van der Waals surface area contributed by atoms with Gasteiger partial charge in [-0.25, -0.2) is 0 Å². The average Bonchev–Trinajstić information content (AvgIpc) is 2.20. The van der Waals surface area contributed by atoms with Crippen molar-refractivity contribution in [2.24, 2.45) is 0 Å². The third-order valence-electron chi connectivity index (χ3n) is 2.11. The van der Waals surface area contributed by atoms with Crippen LogP contribution in [-0.2, 0) is 4.74 Å².